The Morgan fingerprint density at radius 1 is 1.08 bits per heavy atom. The molecule has 0 fully saturated rings. The van der Waals surface area contributed by atoms with Crippen LogP contribution in [0.1, 0.15) is 17.3 Å². The Hall–Kier alpha value is -1.89. The monoisotopic (exact) mass is 407 g/mol. The van der Waals surface area contributed by atoms with Gasteiger partial charge in [0, 0.05) is 6.07 Å². The van der Waals surface area contributed by atoms with Crippen molar-refractivity contribution in [3.63, 3.8) is 0 Å². The van der Waals surface area contributed by atoms with Crippen LogP contribution in [0, 0.1) is 11.6 Å². The summed E-state index contributed by atoms with van der Waals surface area (Å²) in [7, 11) is 0. The molecule has 1 atom stereocenters. The van der Waals surface area contributed by atoms with Crippen LogP contribution in [0.2, 0.25) is 15.1 Å². The van der Waals surface area contributed by atoms with Gasteiger partial charge in [-0.2, -0.15) is 0 Å². The zero-order valence-corrected chi connectivity index (χ0v) is 14.8. The number of nitrogens with one attached hydrogen (secondary N) is 1. The molecule has 0 saturated heterocycles. The molecule has 0 bridgehead atoms. The maximum absolute atomic E-state index is 13.5. The average molecular weight is 409 g/mol. The molecular weight excluding hydrogens is 399 g/mol. The third-order valence-electron chi connectivity index (χ3n) is 3.09. The van der Waals surface area contributed by atoms with E-state index in [2.05, 4.69) is 5.32 Å². The molecule has 2 aromatic rings. The molecule has 1 amide bonds. The summed E-state index contributed by atoms with van der Waals surface area (Å²) in [6, 6.07) is 5.38. The lowest BCUT2D eigenvalue weighted by molar-refractivity contribution is -0.123. The van der Waals surface area contributed by atoms with Gasteiger partial charge in [0.15, 0.2) is 6.10 Å². The largest absolute Gasteiger partial charge is 0.449 e. The summed E-state index contributed by atoms with van der Waals surface area (Å²) in [5.74, 6) is -3.55. The molecule has 0 saturated carbocycles. The van der Waals surface area contributed by atoms with E-state index < -0.39 is 29.6 Å². The van der Waals surface area contributed by atoms with Gasteiger partial charge in [-0.25, -0.2) is 13.6 Å². The number of rotatable bonds is 4. The molecule has 0 radical (unpaired) electrons. The topological polar surface area (TPSA) is 55.4 Å². The summed E-state index contributed by atoms with van der Waals surface area (Å²) in [6.07, 6.45) is -1.30. The summed E-state index contributed by atoms with van der Waals surface area (Å²) in [4.78, 5) is 24.2. The van der Waals surface area contributed by atoms with E-state index in [9.17, 15) is 18.4 Å². The predicted octanol–water partition coefficient (Wildman–Crippen LogP) is 5.11. The molecule has 1 unspecified atom stereocenters. The maximum Gasteiger partial charge on any atom is 0.342 e. The fraction of sp³-hybridized carbons (Fsp3) is 0.125. The Labute approximate surface area is 156 Å². The first kappa shape index (κ1) is 19.4. The minimum atomic E-state index is -1.30. The van der Waals surface area contributed by atoms with Crippen LogP contribution >= 0.6 is 34.8 Å². The highest BCUT2D eigenvalue weighted by Crippen LogP contribution is 2.32. The van der Waals surface area contributed by atoms with Crippen molar-refractivity contribution in [3.8, 4) is 0 Å². The lowest BCUT2D eigenvalue weighted by atomic mass is 10.2. The Kier molecular flexibility index (Phi) is 6.21. The average Bonchev–Trinajstić information content (AvgIpc) is 2.53. The van der Waals surface area contributed by atoms with Gasteiger partial charge in [0.1, 0.15) is 11.6 Å². The Morgan fingerprint density at radius 2 is 1.72 bits per heavy atom. The van der Waals surface area contributed by atoms with Crippen LogP contribution in [0.3, 0.4) is 0 Å². The molecule has 9 heteroatoms. The molecule has 0 aliphatic heterocycles. The van der Waals surface area contributed by atoms with Crippen molar-refractivity contribution < 1.29 is 23.1 Å². The molecule has 0 spiro atoms. The van der Waals surface area contributed by atoms with Gasteiger partial charge in [-0.05, 0) is 31.2 Å². The van der Waals surface area contributed by atoms with Gasteiger partial charge in [-0.15, -0.1) is 0 Å². The number of anilines is 1. The number of halogens is 5. The third-order valence-corrected chi connectivity index (χ3v) is 4.21. The summed E-state index contributed by atoms with van der Waals surface area (Å²) >= 11 is 17.6. The summed E-state index contributed by atoms with van der Waals surface area (Å²) in [6.45, 7) is 1.26. The number of esters is 1. The second-order valence-corrected chi connectivity index (χ2v) is 6.07. The molecular formula is C16H10Cl3F2NO3. The number of amides is 1. The van der Waals surface area contributed by atoms with E-state index >= 15 is 0 Å². The lowest BCUT2D eigenvalue weighted by Gasteiger charge is -2.15. The molecule has 2 aromatic carbocycles. The highest BCUT2D eigenvalue weighted by atomic mass is 35.5. The fourth-order valence-corrected chi connectivity index (χ4v) is 2.49. The molecule has 25 heavy (non-hydrogen) atoms. The number of ether oxygens (including phenoxy) is 1. The Balaban J connectivity index is 2.11. The zero-order valence-electron chi connectivity index (χ0n) is 12.6. The van der Waals surface area contributed by atoms with E-state index in [0.717, 1.165) is 12.1 Å². The van der Waals surface area contributed by atoms with Crippen LogP contribution in [-0.4, -0.2) is 18.0 Å². The van der Waals surface area contributed by atoms with Gasteiger partial charge in [0.25, 0.3) is 5.91 Å². The molecule has 132 valence electrons. The number of carbonyl (C=O) groups is 2. The highest BCUT2D eigenvalue weighted by molar-refractivity contribution is 6.46. The molecule has 2 rings (SSSR count). The van der Waals surface area contributed by atoms with Gasteiger partial charge < -0.3 is 10.1 Å². The van der Waals surface area contributed by atoms with Gasteiger partial charge in [0.05, 0.1) is 26.3 Å². The van der Waals surface area contributed by atoms with E-state index in [4.69, 9.17) is 39.5 Å². The minimum Gasteiger partial charge on any atom is -0.449 e. The van der Waals surface area contributed by atoms with E-state index in [1.807, 2.05) is 0 Å². The minimum absolute atomic E-state index is 0.00316. The van der Waals surface area contributed by atoms with Crippen molar-refractivity contribution in [3.05, 3.63) is 62.6 Å². The maximum atomic E-state index is 13.5. The lowest BCUT2D eigenvalue weighted by Crippen LogP contribution is -2.30. The zero-order chi connectivity index (χ0) is 18.7. The quantitative estimate of drug-likeness (QED) is 0.565. The van der Waals surface area contributed by atoms with E-state index in [0.29, 0.717) is 6.07 Å². The number of carbonyl (C=O) groups excluding carboxylic acids is 2. The molecule has 0 aliphatic carbocycles. The Morgan fingerprint density at radius 3 is 2.36 bits per heavy atom. The Bertz CT molecular complexity index is 846. The molecule has 1 N–H and O–H groups in total. The van der Waals surface area contributed by atoms with Gasteiger partial charge >= 0.3 is 5.97 Å². The van der Waals surface area contributed by atoms with E-state index in [1.165, 1.54) is 19.1 Å². The van der Waals surface area contributed by atoms with Gasteiger partial charge in [0.2, 0.25) is 0 Å². The number of benzene rings is 2. The van der Waals surface area contributed by atoms with Crippen molar-refractivity contribution >= 4 is 52.4 Å². The smallest absolute Gasteiger partial charge is 0.342 e. The molecule has 0 aromatic heterocycles. The van der Waals surface area contributed by atoms with Crippen molar-refractivity contribution in [2.24, 2.45) is 0 Å². The summed E-state index contributed by atoms with van der Waals surface area (Å²) in [5.41, 5.74) is -0.448. The second-order valence-electron chi connectivity index (χ2n) is 4.88. The third kappa shape index (κ3) is 4.60. The fourth-order valence-electron chi connectivity index (χ4n) is 1.81. The van der Waals surface area contributed by atoms with Crippen LogP contribution in [0.5, 0.6) is 0 Å². The molecule has 0 aliphatic rings. The van der Waals surface area contributed by atoms with E-state index in [-0.39, 0.29) is 26.3 Å². The number of hydrogen-bond acceptors (Lipinski definition) is 3. The van der Waals surface area contributed by atoms with Crippen molar-refractivity contribution in [1.29, 1.82) is 0 Å². The van der Waals surface area contributed by atoms with Gasteiger partial charge in [-0.3, -0.25) is 4.79 Å². The first-order chi connectivity index (χ1) is 11.7. The summed E-state index contributed by atoms with van der Waals surface area (Å²) < 4.78 is 31.4. The van der Waals surface area contributed by atoms with Crippen molar-refractivity contribution in [2.45, 2.75) is 13.0 Å². The number of hydrogen-bond donors (Lipinski definition) is 1. The SMILES string of the molecule is CC(OC(=O)c1c(Cl)ccc(Cl)c1Cl)C(=O)Nc1ccc(F)cc1F. The first-order valence-electron chi connectivity index (χ1n) is 6.81. The van der Waals surface area contributed by atoms with Crippen molar-refractivity contribution in [1.82, 2.24) is 0 Å². The predicted molar refractivity (Wildman–Crippen MR) is 91.3 cm³/mol. The van der Waals surface area contributed by atoms with Crippen molar-refractivity contribution in [2.75, 3.05) is 5.32 Å². The van der Waals surface area contributed by atoms with Crippen LogP contribution in [0.25, 0.3) is 0 Å². The summed E-state index contributed by atoms with van der Waals surface area (Å²) in [5, 5.41) is 2.15. The molecule has 0 heterocycles. The highest BCUT2D eigenvalue weighted by Gasteiger charge is 2.24. The molecule has 4 nitrogen and oxygen atoms in total. The standard InChI is InChI=1S/C16H10Cl3F2NO3/c1-7(15(23)22-12-5-2-8(20)6-11(12)21)25-16(24)13-9(17)3-4-10(18)14(13)19/h2-7H,1H3,(H,22,23). The van der Waals surface area contributed by atoms with E-state index in [1.54, 1.807) is 0 Å². The van der Waals surface area contributed by atoms with Crippen LogP contribution in [0.15, 0.2) is 30.3 Å². The second kappa shape index (κ2) is 7.99. The van der Waals surface area contributed by atoms with Crippen LogP contribution in [-0.2, 0) is 9.53 Å². The van der Waals surface area contributed by atoms with Crippen LogP contribution < -0.4 is 5.32 Å². The first-order valence-corrected chi connectivity index (χ1v) is 7.94. The normalized spacial score (nSPS) is 11.8. The van der Waals surface area contributed by atoms with Crippen LogP contribution in [0.4, 0.5) is 14.5 Å². The van der Waals surface area contributed by atoms with Gasteiger partial charge in [-0.1, -0.05) is 34.8 Å².